The topological polar surface area (TPSA) is 111 Å². The Morgan fingerprint density at radius 1 is 0.906 bits per heavy atom. The maximum Gasteiger partial charge on any atom is 0.240 e. The van der Waals surface area contributed by atoms with Crippen LogP contribution in [-0.4, -0.2) is 48.4 Å². The molecular weight excluding hydrogens is 428 g/mol. The van der Waals surface area contributed by atoms with Crippen LogP contribution in [0.2, 0.25) is 0 Å². The van der Waals surface area contributed by atoms with E-state index in [9.17, 15) is 8.42 Å². The minimum atomic E-state index is -3.57. The largest absolute Gasteiger partial charge is 0.496 e. The number of benzene rings is 2. The van der Waals surface area contributed by atoms with Crippen LogP contribution in [0.4, 0.5) is 5.82 Å². The molecule has 0 spiro atoms. The number of hydrogen-bond acceptors (Lipinski definition) is 7. The summed E-state index contributed by atoms with van der Waals surface area (Å²) < 4.78 is 34.3. The number of nitrogens with one attached hydrogen (secondary N) is 2. The summed E-state index contributed by atoms with van der Waals surface area (Å²) in [6, 6.07) is 19.8. The predicted octanol–water partition coefficient (Wildman–Crippen LogP) is 2.31. The number of methoxy groups -OCH3 is 1. The predicted molar refractivity (Wildman–Crippen MR) is 121 cm³/mol. The molecule has 0 aliphatic rings. The molecule has 0 saturated carbocycles. The Labute approximate surface area is 186 Å². The van der Waals surface area contributed by atoms with Crippen LogP contribution in [0, 0.1) is 0 Å². The first-order chi connectivity index (χ1) is 15.6. The van der Waals surface area contributed by atoms with E-state index in [0.717, 1.165) is 17.7 Å². The maximum atomic E-state index is 12.4. The highest BCUT2D eigenvalue weighted by molar-refractivity contribution is 7.89. The highest BCUT2D eigenvalue weighted by Crippen LogP contribution is 2.18. The van der Waals surface area contributed by atoms with E-state index in [1.807, 2.05) is 36.4 Å². The van der Waals surface area contributed by atoms with Gasteiger partial charge in [-0.15, -0.1) is 15.3 Å². The zero-order valence-electron chi connectivity index (χ0n) is 17.6. The molecule has 0 aliphatic carbocycles. The molecule has 0 bridgehead atoms. The van der Waals surface area contributed by atoms with Gasteiger partial charge >= 0.3 is 0 Å². The van der Waals surface area contributed by atoms with Crippen molar-refractivity contribution in [1.29, 1.82) is 0 Å². The molecule has 32 heavy (non-hydrogen) atoms. The Hall–Kier alpha value is -3.50. The molecular formula is C22H24N6O3S. The third-order valence-corrected chi connectivity index (χ3v) is 6.39. The summed E-state index contributed by atoms with van der Waals surface area (Å²) in [6.45, 7) is 0.859. The fourth-order valence-electron chi connectivity index (χ4n) is 3.30. The Kier molecular flexibility index (Phi) is 6.62. The first-order valence-electron chi connectivity index (χ1n) is 10.2. The molecule has 9 nitrogen and oxygen atoms in total. The molecule has 2 aromatic heterocycles. The average molecular weight is 453 g/mol. The minimum Gasteiger partial charge on any atom is -0.496 e. The van der Waals surface area contributed by atoms with E-state index in [1.165, 1.54) is 0 Å². The summed E-state index contributed by atoms with van der Waals surface area (Å²) >= 11 is 0. The van der Waals surface area contributed by atoms with E-state index in [0.29, 0.717) is 30.3 Å². The summed E-state index contributed by atoms with van der Waals surface area (Å²) in [5.41, 5.74) is 1.71. The Morgan fingerprint density at radius 2 is 1.69 bits per heavy atom. The lowest BCUT2D eigenvalue weighted by molar-refractivity contribution is 0.410. The summed E-state index contributed by atoms with van der Waals surface area (Å²) in [5.74, 6) is 2.11. The van der Waals surface area contributed by atoms with Gasteiger partial charge in [0.1, 0.15) is 11.6 Å². The molecule has 4 aromatic rings. The standard InChI is InChI=1S/C22H24N6O3S/c1-31-19-10-6-5-7-17(19)13-15-23-20-11-12-21-25-26-22(28(21)27-20)14-16-24-32(29,30)18-8-3-2-4-9-18/h2-12,24H,13-16H2,1H3,(H,23,27). The van der Waals surface area contributed by atoms with Crippen LogP contribution in [0.15, 0.2) is 71.6 Å². The quantitative estimate of drug-likeness (QED) is 0.380. The number of nitrogens with zero attached hydrogens (tertiary/aromatic N) is 4. The van der Waals surface area contributed by atoms with Gasteiger partial charge in [0, 0.05) is 19.5 Å². The highest BCUT2D eigenvalue weighted by Gasteiger charge is 2.14. The van der Waals surface area contributed by atoms with E-state index in [4.69, 9.17) is 4.74 Å². The lowest BCUT2D eigenvalue weighted by Gasteiger charge is -2.10. The van der Waals surface area contributed by atoms with E-state index in [2.05, 4.69) is 25.3 Å². The number of fused-ring (bicyclic) bond motifs is 1. The summed E-state index contributed by atoms with van der Waals surface area (Å²) in [5, 5.41) is 16.1. The van der Waals surface area contributed by atoms with Crippen LogP contribution >= 0.6 is 0 Å². The molecule has 0 fully saturated rings. The molecule has 166 valence electrons. The Morgan fingerprint density at radius 3 is 2.50 bits per heavy atom. The first kappa shape index (κ1) is 21.7. The van der Waals surface area contributed by atoms with Crippen molar-refractivity contribution in [1.82, 2.24) is 24.5 Å². The van der Waals surface area contributed by atoms with Crippen molar-refractivity contribution < 1.29 is 13.2 Å². The fraction of sp³-hybridized carbons (Fsp3) is 0.227. The van der Waals surface area contributed by atoms with E-state index >= 15 is 0 Å². The molecule has 4 rings (SSSR count). The molecule has 0 amide bonds. The van der Waals surface area contributed by atoms with Crippen LogP contribution in [-0.2, 0) is 22.9 Å². The molecule has 0 radical (unpaired) electrons. The zero-order valence-corrected chi connectivity index (χ0v) is 18.4. The molecule has 2 aromatic carbocycles. The number of sulfonamides is 1. The summed E-state index contributed by atoms with van der Waals surface area (Å²) in [6.07, 6.45) is 1.13. The van der Waals surface area contributed by atoms with Gasteiger partial charge in [-0.05, 0) is 42.3 Å². The van der Waals surface area contributed by atoms with Gasteiger partial charge in [-0.3, -0.25) is 0 Å². The monoisotopic (exact) mass is 452 g/mol. The lowest BCUT2D eigenvalue weighted by Crippen LogP contribution is -2.26. The second-order valence-corrected chi connectivity index (χ2v) is 8.82. The van der Waals surface area contributed by atoms with Crippen molar-refractivity contribution in [2.24, 2.45) is 0 Å². The average Bonchev–Trinajstić information content (AvgIpc) is 3.22. The molecule has 0 unspecified atom stereocenters. The third kappa shape index (κ3) is 5.04. The van der Waals surface area contributed by atoms with Crippen LogP contribution in [0.5, 0.6) is 5.75 Å². The number of aromatic nitrogens is 4. The normalized spacial score (nSPS) is 11.5. The number of rotatable bonds is 10. The van der Waals surface area contributed by atoms with Crippen molar-refractivity contribution in [3.05, 3.63) is 78.1 Å². The lowest BCUT2D eigenvalue weighted by atomic mass is 10.1. The van der Waals surface area contributed by atoms with Gasteiger partial charge in [0.2, 0.25) is 10.0 Å². The molecule has 0 atom stereocenters. The third-order valence-electron chi connectivity index (χ3n) is 4.91. The van der Waals surface area contributed by atoms with Crippen molar-refractivity contribution in [3.8, 4) is 5.75 Å². The smallest absolute Gasteiger partial charge is 0.240 e. The molecule has 10 heteroatoms. The maximum absolute atomic E-state index is 12.4. The van der Waals surface area contributed by atoms with Crippen LogP contribution in [0.1, 0.15) is 11.4 Å². The van der Waals surface area contributed by atoms with Gasteiger partial charge in [0.15, 0.2) is 11.5 Å². The van der Waals surface area contributed by atoms with Crippen LogP contribution in [0.25, 0.3) is 5.65 Å². The Bertz CT molecular complexity index is 1290. The molecule has 2 N–H and O–H groups in total. The van der Waals surface area contributed by atoms with Gasteiger partial charge in [0.25, 0.3) is 0 Å². The second-order valence-electron chi connectivity index (χ2n) is 7.05. The summed E-state index contributed by atoms with van der Waals surface area (Å²) in [4.78, 5) is 0.228. The van der Waals surface area contributed by atoms with E-state index in [1.54, 1.807) is 42.0 Å². The number of hydrogen-bond donors (Lipinski definition) is 2. The Balaban J connectivity index is 1.38. The van der Waals surface area contributed by atoms with Crippen molar-refractivity contribution in [3.63, 3.8) is 0 Å². The number of ether oxygens (including phenoxy) is 1. The fourth-order valence-corrected chi connectivity index (χ4v) is 4.35. The van der Waals surface area contributed by atoms with Gasteiger partial charge in [-0.2, -0.15) is 4.52 Å². The second kappa shape index (κ2) is 9.75. The molecule has 0 aliphatic heterocycles. The van der Waals surface area contributed by atoms with Crippen molar-refractivity contribution in [2.75, 3.05) is 25.5 Å². The van der Waals surface area contributed by atoms with Gasteiger partial charge < -0.3 is 10.1 Å². The number of anilines is 1. The van der Waals surface area contributed by atoms with Crippen LogP contribution in [0.3, 0.4) is 0 Å². The SMILES string of the molecule is COc1ccccc1CCNc1ccc2nnc(CCNS(=O)(=O)c3ccccc3)n2n1. The van der Waals surface area contributed by atoms with Crippen molar-refractivity contribution in [2.45, 2.75) is 17.7 Å². The van der Waals surface area contributed by atoms with E-state index < -0.39 is 10.0 Å². The van der Waals surface area contributed by atoms with Crippen LogP contribution < -0.4 is 14.8 Å². The summed E-state index contributed by atoms with van der Waals surface area (Å²) in [7, 11) is -1.91. The van der Waals surface area contributed by atoms with Gasteiger partial charge in [-0.25, -0.2) is 13.1 Å². The number of para-hydroxylation sites is 1. The highest BCUT2D eigenvalue weighted by atomic mass is 32.2. The van der Waals surface area contributed by atoms with Crippen molar-refractivity contribution >= 4 is 21.5 Å². The molecule has 0 saturated heterocycles. The zero-order chi connectivity index (χ0) is 22.4. The van der Waals surface area contributed by atoms with E-state index in [-0.39, 0.29) is 11.4 Å². The minimum absolute atomic E-state index is 0.186. The van der Waals surface area contributed by atoms with Gasteiger partial charge in [0.05, 0.1) is 12.0 Å². The first-order valence-corrected chi connectivity index (χ1v) is 11.7. The van der Waals surface area contributed by atoms with Gasteiger partial charge in [-0.1, -0.05) is 36.4 Å². The molecule has 2 heterocycles.